The Hall–Kier alpha value is -1.06. The molecule has 88 valence electrons. The van der Waals surface area contributed by atoms with E-state index in [0.717, 1.165) is 5.56 Å². The van der Waals surface area contributed by atoms with E-state index in [1.807, 2.05) is 0 Å². The fourth-order valence-electron chi connectivity index (χ4n) is 1.27. The minimum atomic E-state index is -0.633. The van der Waals surface area contributed by atoms with E-state index in [4.69, 9.17) is 16.7 Å². The van der Waals surface area contributed by atoms with Crippen LogP contribution in [-0.2, 0) is 0 Å². The van der Waals surface area contributed by atoms with Crippen LogP contribution in [0.1, 0.15) is 29.8 Å². The number of aliphatic hydroxyl groups excluding tert-OH is 1. The van der Waals surface area contributed by atoms with Crippen molar-refractivity contribution in [1.82, 2.24) is 5.32 Å². The highest BCUT2D eigenvalue weighted by atomic mass is 35.5. The summed E-state index contributed by atoms with van der Waals surface area (Å²) in [7, 11) is 0. The third-order valence-electron chi connectivity index (χ3n) is 2.36. The van der Waals surface area contributed by atoms with Crippen LogP contribution >= 0.6 is 11.6 Å². The second-order valence-corrected chi connectivity index (χ2v) is 4.82. The number of amides is 1. The van der Waals surface area contributed by atoms with E-state index in [2.05, 4.69) is 5.32 Å². The summed E-state index contributed by atoms with van der Waals surface area (Å²) in [5, 5.41) is 12.4. The lowest BCUT2D eigenvalue weighted by molar-refractivity contribution is 0.0868. The summed E-state index contributed by atoms with van der Waals surface area (Å²) in [6.45, 7) is 5.19. The fourth-order valence-corrected chi connectivity index (χ4v) is 1.44. The lowest BCUT2D eigenvalue weighted by Crippen LogP contribution is -2.46. The molecule has 0 aromatic heterocycles. The summed E-state index contributed by atoms with van der Waals surface area (Å²) in [6, 6.07) is 5.19. The predicted octanol–water partition coefficient (Wildman–Crippen LogP) is 2.15. The topological polar surface area (TPSA) is 49.3 Å². The van der Waals surface area contributed by atoms with Crippen molar-refractivity contribution in [3.05, 3.63) is 34.3 Å². The monoisotopic (exact) mass is 241 g/mol. The average Bonchev–Trinajstić information content (AvgIpc) is 2.21. The standard InChI is InChI=1S/C12H16ClNO2/c1-8-9(5-4-6-10(8)13)11(16)14-12(2,3)7-15/h4-6,15H,7H2,1-3H3,(H,14,16). The van der Waals surface area contributed by atoms with E-state index in [9.17, 15) is 4.79 Å². The number of aliphatic hydroxyl groups is 1. The van der Waals surface area contributed by atoms with Crippen molar-refractivity contribution in [3.63, 3.8) is 0 Å². The van der Waals surface area contributed by atoms with E-state index in [-0.39, 0.29) is 12.5 Å². The number of benzene rings is 1. The van der Waals surface area contributed by atoms with E-state index in [1.165, 1.54) is 0 Å². The molecule has 0 unspecified atom stereocenters. The molecule has 1 aromatic carbocycles. The first kappa shape index (κ1) is 13.0. The molecule has 0 spiro atoms. The van der Waals surface area contributed by atoms with Gasteiger partial charge in [0.15, 0.2) is 0 Å². The third-order valence-corrected chi connectivity index (χ3v) is 2.77. The Labute approximate surface area is 100 Å². The Morgan fingerprint density at radius 3 is 2.69 bits per heavy atom. The molecule has 0 fully saturated rings. The first-order valence-electron chi connectivity index (χ1n) is 5.06. The highest BCUT2D eigenvalue weighted by Gasteiger charge is 2.21. The molecule has 0 atom stereocenters. The molecule has 4 heteroatoms. The predicted molar refractivity (Wildman–Crippen MR) is 64.8 cm³/mol. The maximum Gasteiger partial charge on any atom is 0.252 e. The maximum atomic E-state index is 11.9. The Bertz CT molecular complexity index is 402. The van der Waals surface area contributed by atoms with Gasteiger partial charge in [-0.05, 0) is 38.5 Å². The van der Waals surface area contributed by atoms with Crippen molar-refractivity contribution in [2.75, 3.05) is 6.61 Å². The zero-order chi connectivity index (χ0) is 12.3. The van der Waals surface area contributed by atoms with E-state index in [1.54, 1.807) is 39.0 Å². The minimum absolute atomic E-state index is 0.113. The van der Waals surface area contributed by atoms with Crippen molar-refractivity contribution in [2.24, 2.45) is 0 Å². The summed E-state index contributed by atoms with van der Waals surface area (Å²) in [6.07, 6.45) is 0. The van der Waals surface area contributed by atoms with Gasteiger partial charge in [-0.15, -0.1) is 0 Å². The smallest absolute Gasteiger partial charge is 0.252 e. The number of halogens is 1. The van der Waals surface area contributed by atoms with Crippen LogP contribution in [0.25, 0.3) is 0 Å². The zero-order valence-electron chi connectivity index (χ0n) is 9.67. The van der Waals surface area contributed by atoms with E-state index in [0.29, 0.717) is 10.6 Å². The van der Waals surface area contributed by atoms with Crippen molar-refractivity contribution in [2.45, 2.75) is 26.3 Å². The van der Waals surface area contributed by atoms with Gasteiger partial charge in [-0.3, -0.25) is 4.79 Å². The number of carbonyl (C=O) groups excluding carboxylic acids is 1. The third kappa shape index (κ3) is 2.97. The normalized spacial score (nSPS) is 11.3. The van der Waals surface area contributed by atoms with Gasteiger partial charge in [-0.2, -0.15) is 0 Å². The van der Waals surface area contributed by atoms with Gasteiger partial charge in [0.1, 0.15) is 0 Å². The molecule has 3 nitrogen and oxygen atoms in total. The highest BCUT2D eigenvalue weighted by Crippen LogP contribution is 2.19. The molecule has 0 saturated carbocycles. The zero-order valence-corrected chi connectivity index (χ0v) is 10.4. The van der Waals surface area contributed by atoms with Gasteiger partial charge < -0.3 is 10.4 Å². The van der Waals surface area contributed by atoms with Crippen molar-refractivity contribution >= 4 is 17.5 Å². The summed E-state index contributed by atoms with van der Waals surface area (Å²) in [4.78, 5) is 11.9. The SMILES string of the molecule is Cc1c(Cl)cccc1C(=O)NC(C)(C)CO. The molecular weight excluding hydrogens is 226 g/mol. The van der Waals surface area contributed by atoms with Crippen LogP contribution < -0.4 is 5.32 Å². The first-order chi connectivity index (χ1) is 7.37. The minimum Gasteiger partial charge on any atom is -0.394 e. The fraction of sp³-hybridized carbons (Fsp3) is 0.417. The van der Waals surface area contributed by atoms with Crippen LogP contribution in [0.5, 0.6) is 0 Å². The molecule has 0 saturated heterocycles. The van der Waals surface area contributed by atoms with E-state index < -0.39 is 5.54 Å². The Morgan fingerprint density at radius 1 is 1.50 bits per heavy atom. The molecular formula is C12H16ClNO2. The van der Waals surface area contributed by atoms with Crippen molar-refractivity contribution < 1.29 is 9.90 Å². The average molecular weight is 242 g/mol. The second-order valence-electron chi connectivity index (χ2n) is 4.41. The molecule has 1 aromatic rings. The number of hydrogen-bond acceptors (Lipinski definition) is 2. The van der Waals surface area contributed by atoms with Gasteiger partial charge in [0, 0.05) is 10.6 Å². The number of carbonyl (C=O) groups is 1. The molecule has 0 aliphatic rings. The van der Waals surface area contributed by atoms with Gasteiger partial charge in [0.05, 0.1) is 12.1 Å². The summed E-state index contributed by atoms with van der Waals surface area (Å²) in [5.74, 6) is -0.223. The molecule has 1 amide bonds. The molecule has 0 heterocycles. The van der Waals surface area contributed by atoms with Gasteiger partial charge in [0.2, 0.25) is 0 Å². The maximum absolute atomic E-state index is 11.9. The van der Waals surface area contributed by atoms with Gasteiger partial charge >= 0.3 is 0 Å². The lowest BCUT2D eigenvalue weighted by Gasteiger charge is -2.24. The van der Waals surface area contributed by atoms with Gasteiger partial charge in [-0.1, -0.05) is 17.7 Å². The van der Waals surface area contributed by atoms with Gasteiger partial charge in [0.25, 0.3) is 5.91 Å². The molecule has 1 rings (SSSR count). The van der Waals surface area contributed by atoms with Crippen LogP contribution in [-0.4, -0.2) is 23.2 Å². The molecule has 0 radical (unpaired) electrons. The van der Waals surface area contributed by atoms with Crippen LogP contribution in [0, 0.1) is 6.92 Å². The Morgan fingerprint density at radius 2 is 2.12 bits per heavy atom. The molecule has 0 aliphatic heterocycles. The molecule has 2 N–H and O–H groups in total. The highest BCUT2D eigenvalue weighted by molar-refractivity contribution is 6.31. The quantitative estimate of drug-likeness (QED) is 0.852. The molecule has 16 heavy (non-hydrogen) atoms. The summed E-state index contributed by atoms with van der Waals surface area (Å²) in [5.41, 5.74) is 0.649. The van der Waals surface area contributed by atoms with E-state index >= 15 is 0 Å². The Balaban J connectivity index is 2.94. The molecule has 0 aliphatic carbocycles. The van der Waals surface area contributed by atoms with Crippen LogP contribution in [0.2, 0.25) is 5.02 Å². The summed E-state index contributed by atoms with van der Waals surface area (Å²) < 4.78 is 0. The van der Waals surface area contributed by atoms with Crippen LogP contribution in [0.15, 0.2) is 18.2 Å². The summed E-state index contributed by atoms with van der Waals surface area (Å²) >= 11 is 5.93. The first-order valence-corrected chi connectivity index (χ1v) is 5.43. The van der Waals surface area contributed by atoms with Crippen LogP contribution in [0.3, 0.4) is 0 Å². The van der Waals surface area contributed by atoms with Crippen molar-refractivity contribution in [1.29, 1.82) is 0 Å². The number of nitrogens with one attached hydrogen (secondary N) is 1. The number of hydrogen-bond donors (Lipinski definition) is 2. The second kappa shape index (κ2) is 4.85. The van der Waals surface area contributed by atoms with Gasteiger partial charge in [-0.25, -0.2) is 0 Å². The lowest BCUT2D eigenvalue weighted by atomic mass is 10.0. The number of rotatable bonds is 3. The van der Waals surface area contributed by atoms with Crippen LogP contribution in [0.4, 0.5) is 0 Å². The molecule has 0 bridgehead atoms. The Kier molecular flexibility index (Phi) is 3.94. The van der Waals surface area contributed by atoms with Crippen molar-refractivity contribution in [3.8, 4) is 0 Å². The largest absolute Gasteiger partial charge is 0.394 e.